The lowest BCUT2D eigenvalue weighted by Gasteiger charge is -2.09. The van der Waals surface area contributed by atoms with Crippen LogP contribution in [0.25, 0.3) is 16.2 Å². The monoisotopic (exact) mass is 368 g/mol. The molecule has 0 fully saturated rings. The van der Waals surface area contributed by atoms with E-state index in [1.165, 1.54) is 11.3 Å². The largest absolute Gasteiger partial charge is 0.319 e. The van der Waals surface area contributed by atoms with Gasteiger partial charge in [0.25, 0.3) is 5.56 Å². The second-order valence-corrected chi connectivity index (χ2v) is 7.28. The van der Waals surface area contributed by atoms with Gasteiger partial charge in [0.2, 0.25) is 0 Å². The summed E-state index contributed by atoms with van der Waals surface area (Å²) < 4.78 is 3.76. The Morgan fingerprint density at radius 3 is 2.88 bits per heavy atom. The second-order valence-electron chi connectivity index (χ2n) is 5.47. The van der Waals surface area contributed by atoms with E-state index >= 15 is 0 Å². The number of fused-ring (bicyclic) bond motifs is 1. The average Bonchev–Trinajstić information content (AvgIpc) is 3.27. The molecule has 0 N–H and O–H groups in total. The third kappa shape index (κ3) is 3.12. The maximum atomic E-state index is 12.1. The Morgan fingerprint density at radius 2 is 2.08 bits per heavy atom. The number of thiazole rings is 1. The third-order valence-corrected chi connectivity index (χ3v) is 5.69. The molecule has 126 valence electrons. The first-order valence-electron chi connectivity index (χ1n) is 7.96. The van der Waals surface area contributed by atoms with Crippen molar-refractivity contribution >= 4 is 28.1 Å². The highest BCUT2D eigenvalue weighted by atomic mass is 32.2. The van der Waals surface area contributed by atoms with Crippen LogP contribution in [0.4, 0.5) is 0 Å². The molecule has 1 aromatic carbocycles. The van der Waals surface area contributed by atoms with E-state index in [1.807, 2.05) is 29.8 Å². The zero-order valence-electron chi connectivity index (χ0n) is 13.6. The lowest BCUT2D eigenvalue weighted by Crippen LogP contribution is -2.12. The van der Waals surface area contributed by atoms with E-state index in [0.29, 0.717) is 5.75 Å². The van der Waals surface area contributed by atoms with Crippen molar-refractivity contribution in [3.05, 3.63) is 70.2 Å². The van der Waals surface area contributed by atoms with Crippen molar-refractivity contribution in [2.45, 2.75) is 24.4 Å². The van der Waals surface area contributed by atoms with Crippen molar-refractivity contribution in [3.63, 3.8) is 0 Å². The SMILES string of the molecule is CCn1c(-c2ccccc2)cnc1SCc1cc(=O)n2ccsc2n1. The van der Waals surface area contributed by atoms with Crippen molar-refractivity contribution in [1.82, 2.24) is 18.9 Å². The summed E-state index contributed by atoms with van der Waals surface area (Å²) in [6.45, 7) is 2.95. The normalized spacial score (nSPS) is 11.2. The van der Waals surface area contributed by atoms with E-state index in [4.69, 9.17) is 0 Å². The summed E-state index contributed by atoms with van der Waals surface area (Å²) in [5.41, 5.74) is 3.00. The van der Waals surface area contributed by atoms with Gasteiger partial charge in [-0.15, -0.1) is 11.3 Å². The Labute approximate surface area is 153 Å². The Balaban J connectivity index is 1.60. The van der Waals surface area contributed by atoms with Gasteiger partial charge in [-0.05, 0) is 12.5 Å². The minimum Gasteiger partial charge on any atom is -0.319 e. The van der Waals surface area contributed by atoms with E-state index in [0.717, 1.165) is 33.6 Å². The van der Waals surface area contributed by atoms with Gasteiger partial charge in [-0.2, -0.15) is 0 Å². The third-order valence-electron chi connectivity index (χ3n) is 3.91. The van der Waals surface area contributed by atoms with Crippen LogP contribution in [0.3, 0.4) is 0 Å². The number of hydrogen-bond acceptors (Lipinski definition) is 5. The molecule has 0 aliphatic carbocycles. The van der Waals surface area contributed by atoms with Crippen molar-refractivity contribution in [2.75, 3.05) is 0 Å². The number of aromatic nitrogens is 4. The molecule has 5 nitrogen and oxygen atoms in total. The van der Waals surface area contributed by atoms with Gasteiger partial charge in [0.15, 0.2) is 10.1 Å². The van der Waals surface area contributed by atoms with Gasteiger partial charge < -0.3 is 4.57 Å². The molecule has 0 bridgehead atoms. The van der Waals surface area contributed by atoms with Crippen LogP contribution >= 0.6 is 23.1 Å². The molecule has 0 amide bonds. The Hall–Kier alpha value is -2.38. The molecule has 4 rings (SSSR count). The molecule has 0 aliphatic rings. The zero-order valence-corrected chi connectivity index (χ0v) is 15.3. The lowest BCUT2D eigenvalue weighted by atomic mass is 10.2. The first-order valence-corrected chi connectivity index (χ1v) is 9.82. The Bertz CT molecular complexity index is 1070. The van der Waals surface area contributed by atoms with Gasteiger partial charge in [0, 0.05) is 29.9 Å². The standard InChI is InChI=1S/C18H16N4OS2/c1-2-21-15(13-6-4-3-5-7-13)11-19-17(21)25-12-14-10-16(23)22-8-9-24-18(22)20-14/h3-11H,2,12H2,1H3. The van der Waals surface area contributed by atoms with Crippen LogP contribution in [0.5, 0.6) is 0 Å². The van der Waals surface area contributed by atoms with Gasteiger partial charge in [0.1, 0.15) is 0 Å². The quantitative estimate of drug-likeness (QED) is 0.501. The summed E-state index contributed by atoms with van der Waals surface area (Å²) >= 11 is 3.07. The Morgan fingerprint density at radius 1 is 1.24 bits per heavy atom. The van der Waals surface area contributed by atoms with Crippen LogP contribution < -0.4 is 5.56 Å². The summed E-state index contributed by atoms with van der Waals surface area (Å²) in [6.07, 6.45) is 3.66. The molecule has 0 saturated carbocycles. The van der Waals surface area contributed by atoms with Crippen LogP contribution in [-0.4, -0.2) is 18.9 Å². The first kappa shape index (κ1) is 16.1. The molecule has 0 saturated heterocycles. The maximum Gasteiger partial charge on any atom is 0.258 e. The zero-order chi connectivity index (χ0) is 17.2. The van der Waals surface area contributed by atoms with E-state index in [-0.39, 0.29) is 5.56 Å². The number of benzene rings is 1. The molecule has 0 unspecified atom stereocenters. The van der Waals surface area contributed by atoms with E-state index in [1.54, 1.807) is 28.4 Å². The first-order chi connectivity index (χ1) is 12.3. The molecule has 7 heteroatoms. The fraction of sp³-hybridized carbons (Fsp3) is 0.167. The van der Waals surface area contributed by atoms with Crippen LogP contribution in [0.1, 0.15) is 12.6 Å². The Kier molecular flexibility index (Phi) is 4.42. The maximum absolute atomic E-state index is 12.1. The highest BCUT2D eigenvalue weighted by Crippen LogP contribution is 2.27. The van der Waals surface area contributed by atoms with Gasteiger partial charge in [-0.3, -0.25) is 9.20 Å². The van der Waals surface area contributed by atoms with E-state index < -0.39 is 0 Å². The highest BCUT2D eigenvalue weighted by Gasteiger charge is 2.12. The average molecular weight is 368 g/mol. The predicted molar refractivity (Wildman–Crippen MR) is 102 cm³/mol. The number of hydrogen-bond donors (Lipinski definition) is 0. The molecule has 0 aliphatic heterocycles. The summed E-state index contributed by atoms with van der Waals surface area (Å²) in [6, 6.07) is 11.8. The van der Waals surface area contributed by atoms with Crippen LogP contribution in [-0.2, 0) is 12.3 Å². The number of imidazole rings is 1. The number of rotatable bonds is 5. The lowest BCUT2D eigenvalue weighted by molar-refractivity contribution is 0.687. The predicted octanol–water partition coefficient (Wildman–Crippen LogP) is 3.93. The van der Waals surface area contributed by atoms with Crippen LogP contribution in [0.2, 0.25) is 0 Å². The minimum atomic E-state index is -0.0364. The molecule has 25 heavy (non-hydrogen) atoms. The highest BCUT2D eigenvalue weighted by molar-refractivity contribution is 7.98. The van der Waals surface area contributed by atoms with Crippen LogP contribution in [0, 0.1) is 0 Å². The van der Waals surface area contributed by atoms with Gasteiger partial charge >= 0.3 is 0 Å². The minimum absolute atomic E-state index is 0.0364. The molecule has 3 aromatic heterocycles. The molecule has 4 aromatic rings. The van der Waals surface area contributed by atoms with Gasteiger partial charge in [-0.25, -0.2) is 9.97 Å². The fourth-order valence-electron chi connectivity index (χ4n) is 2.72. The van der Waals surface area contributed by atoms with Gasteiger partial charge in [-0.1, -0.05) is 42.1 Å². The summed E-state index contributed by atoms with van der Waals surface area (Å²) in [5.74, 6) is 0.620. The summed E-state index contributed by atoms with van der Waals surface area (Å²) in [5, 5.41) is 2.81. The number of thioether (sulfide) groups is 1. The van der Waals surface area contributed by atoms with Gasteiger partial charge in [0.05, 0.1) is 17.6 Å². The number of nitrogens with zero attached hydrogens (tertiary/aromatic N) is 4. The summed E-state index contributed by atoms with van der Waals surface area (Å²) in [7, 11) is 0. The second kappa shape index (κ2) is 6.85. The fourth-order valence-corrected chi connectivity index (χ4v) is 4.39. The smallest absolute Gasteiger partial charge is 0.258 e. The summed E-state index contributed by atoms with van der Waals surface area (Å²) in [4.78, 5) is 21.9. The van der Waals surface area contributed by atoms with Crippen molar-refractivity contribution in [3.8, 4) is 11.3 Å². The molecule has 0 spiro atoms. The van der Waals surface area contributed by atoms with Crippen molar-refractivity contribution < 1.29 is 0 Å². The molecular weight excluding hydrogens is 352 g/mol. The topological polar surface area (TPSA) is 52.2 Å². The van der Waals surface area contributed by atoms with Crippen molar-refractivity contribution in [1.29, 1.82) is 0 Å². The van der Waals surface area contributed by atoms with E-state index in [2.05, 4.69) is 33.6 Å². The van der Waals surface area contributed by atoms with E-state index in [9.17, 15) is 4.79 Å². The molecular formula is C18H16N4OS2. The molecule has 0 atom stereocenters. The molecule has 3 heterocycles. The van der Waals surface area contributed by atoms with Crippen molar-refractivity contribution in [2.24, 2.45) is 0 Å². The van der Waals surface area contributed by atoms with Crippen LogP contribution in [0.15, 0.2) is 64.1 Å². The molecule has 0 radical (unpaired) electrons.